The largest absolute Gasteiger partial charge is 0.416 e. The van der Waals surface area contributed by atoms with Crippen molar-refractivity contribution < 1.29 is 22.7 Å². The van der Waals surface area contributed by atoms with Crippen LogP contribution in [0.15, 0.2) is 48.5 Å². The van der Waals surface area contributed by atoms with Crippen LogP contribution in [0.3, 0.4) is 0 Å². The lowest BCUT2D eigenvalue weighted by Gasteiger charge is -2.37. The average Bonchev–Trinajstić information content (AvgIpc) is 3.32. The van der Waals surface area contributed by atoms with Gasteiger partial charge in [-0.3, -0.25) is 4.98 Å². The van der Waals surface area contributed by atoms with E-state index in [0.29, 0.717) is 24.0 Å². The molecule has 2 aliphatic rings. The van der Waals surface area contributed by atoms with Crippen LogP contribution in [-0.4, -0.2) is 10.1 Å². The first-order chi connectivity index (χ1) is 16.5. The van der Waals surface area contributed by atoms with Gasteiger partial charge in [-0.2, -0.15) is 13.2 Å². The van der Waals surface area contributed by atoms with Gasteiger partial charge in [0.25, 0.3) is 0 Å². The lowest BCUT2D eigenvalue weighted by atomic mass is 9.71. The van der Waals surface area contributed by atoms with Crippen molar-refractivity contribution in [3.05, 3.63) is 76.9 Å². The predicted molar refractivity (Wildman–Crippen MR) is 128 cm³/mol. The number of aromatic nitrogens is 1. The number of alkyl halides is 3. The maximum atomic E-state index is 13.9. The highest BCUT2D eigenvalue weighted by Gasteiger charge is 2.38. The molecule has 0 spiro atoms. The van der Waals surface area contributed by atoms with E-state index in [4.69, 9.17) is 4.98 Å². The standard InChI is InChI=1S/C29H29F4NO/c1-28(2)15-22-26(23(35)16-28)24(17-9-13-21(30)14-10-17)25(27(34-22)19-5-3-4-6-19)18-7-11-20(12-8-18)29(31,32)33/h7-14,19,23,35H,3-6,15-16H2,1-2H3. The Kier molecular flexibility index (Phi) is 5.99. The molecule has 0 saturated heterocycles. The zero-order valence-electron chi connectivity index (χ0n) is 19.9. The summed E-state index contributed by atoms with van der Waals surface area (Å²) in [5.41, 5.74) is 4.48. The second-order valence-corrected chi connectivity index (χ2v) is 10.7. The van der Waals surface area contributed by atoms with Crippen LogP contribution in [-0.2, 0) is 12.6 Å². The Bertz CT molecular complexity index is 1220. The molecule has 1 saturated carbocycles. The van der Waals surface area contributed by atoms with Crippen LogP contribution in [0.2, 0.25) is 0 Å². The van der Waals surface area contributed by atoms with Gasteiger partial charge in [0.05, 0.1) is 17.4 Å². The number of pyridine rings is 1. The second-order valence-electron chi connectivity index (χ2n) is 10.7. The molecule has 1 N–H and O–H groups in total. The summed E-state index contributed by atoms with van der Waals surface area (Å²) in [5, 5.41) is 11.3. The minimum absolute atomic E-state index is 0.137. The molecule has 184 valence electrons. The molecular formula is C29H29F4NO. The summed E-state index contributed by atoms with van der Waals surface area (Å²) in [6.45, 7) is 4.22. The van der Waals surface area contributed by atoms with Gasteiger partial charge in [0.1, 0.15) is 5.82 Å². The van der Waals surface area contributed by atoms with Gasteiger partial charge < -0.3 is 5.11 Å². The van der Waals surface area contributed by atoms with E-state index in [-0.39, 0.29) is 17.2 Å². The number of fused-ring (bicyclic) bond motifs is 1. The molecule has 2 aromatic carbocycles. The van der Waals surface area contributed by atoms with E-state index >= 15 is 0 Å². The van der Waals surface area contributed by atoms with Crippen molar-refractivity contribution in [2.45, 2.75) is 70.6 Å². The fourth-order valence-electron chi connectivity index (χ4n) is 5.84. The molecule has 6 heteroatoms. The molecule has 0 aliphatic heterocycles. The Hall–Kier alpha value is -2.73. The van der Waals surface area contributed by atoms with Crippen molar-refractivity contribution in [1.82, 2.24) is 4.98 Å². The zero-order chi connectivity index (χ0) is 25.0. The average molecular weight is 484 g/mol. The van der Waals surface area contributed by atoms with Crippen LogP contribution in [0.25, 0.3) is 22.3 Å². The lowest BCUT2D eigenvalue weighted by Crippen LogP contribution is -2.28. The number of hydrogen-bond donors (Lipinski definition) is 1. The summed E-state index contributed by atoms with van der Waals surface area (Å²) in [6.07, 6.45) is 0.134. The molecule has 35 heavy (non-hydrogen) atoms. The number of halogens is 4. The monoisotopic (exact) mass is 483 g/mol. The highest BCUT2D eigenvalue weighted by Crippen LogP contribution is 2.51. The summed E-state index contributed by atoms with van der Waals surface area (Å²) < 4.78 is 53.7. The number of nitrogens with zero attached hydrogens (tertiary/aromatic N) is 1. The summed E-state index contributed by atoms with van der Waals surface area (Å²) in [6, 6.07) is 11.3. The summed E-state index contributed by atoms with van der Waals surface area (Å²) in [4.78, 5) is 5.14. The highest BCUT2D eigenvalue weighted by atomic mass is 19.4. The summed E-state index contributed by atoms with van der Waals surface area (Å²) in [7, 11) is 0. The smallest absolute Gasteiger partial charge is 0.388 e. The van der Waals surface area contributed by atoms with E-state index in [1.54, 1.807) is 12.1 Å². The Morgan fingerprint density at radius 2 is 1.46 bits per heavy atom. The number of rotatable bonds is 3. The van der Waals surface area contributed by atoms with Gasteiger partial charge in [0.15, 0.2) is 0 Å². The van der Waals surface area contributed by atoms with E-state index in [0.717, 1.165) is 65.9 Å². The molecule has 1 fully saturated rings. The van der Waals surface area contributed by atoms with Crippen LogP contribution in [0.5, 0.6) is 0 Å². The minimum atomic E-state index is -4.43. The molecule has 2 nitrogen and oxygen atoms in total. The van der Waals surface area contributed by atoms with Crippen LogP contribution in [0.4, 0.5) is 17.6 Å². The van der Waals surface area contributed by atoms with E-state index in [2.05, 4.69) is 13.8 Å². The van der Waals surface area contributed by atoms with Gasteiger partial charge >= 0.3 is 6.18 Å². The molecule has 1 aromatic heterocycles. The van der Waals surface area contributed by atoms with Gasteiger partial charge in [-0.25, -0.2) is 4.39 Å². The third-order valence-corrected chi connectivity index (χ3v) is 7.44. The molecule has 0 bridgehead atoms. The summed E-state index contributed by atoms with van der Waals surface area (Å²) >= 11 is 0. The molecule has 1 unspecified atom stereocenters. The molecule has 5 rings (SSSR count). The number of aliphatic hydroxyl groups is 1. The molecule has 3 aromatic rings. The van der Waals surface area contributed by atoms with Crippen molar-refractivity contribution in [2.24, 2.45) is 5.41 Å². The fraction of sp³-hybridized carbons (Fsp3) is 0.414. The Morgan fingerprint density at radius 3 is 2.06 bits per heavy atom. The normalized spacial score (nSPS) is 20.1. The SMILES string of the molecule is CC1(C)Cc2nc(C3CCCC3)c(-c3ccc(C(F)(F)F)cc3)c(-c3ccc(F)cc3)c2C(O)C1. The quantitative estimate of drug-likeness (QED) is 0.381. The third kappa shape index (κ3) is 4.61. The van der Waals surface area contributed by atoms with Crippen LogP contribution < -0.4 is 0 Å². The van der Waals surface area contributed by atoms with E-state index in [1.165, 1.54) is 24.3 Å². The number of hydrogen-bond acceptors (Lipinski definition) is 2. The Morgan fingerprint density at radius 1 is 0.886 bits per heavy atom. The summed E-state index contributed by atoms with van der Waals surface area (Å²) in [5.74, 6) is -0.176. The topological polar surface area (TPSA) is 33.1 Å². The molecular weight excluding hydrogens is 454 g/mol. The van der Waals surface area contributed by atoms with Crippen LogP contribution in [0, 0.1) is 11.2 Å². The zero-order valence-corrected chi connectivity index (χ0v) is 19.9. The number of aliphatic hydroxyl groups excluding tert-OH is 1. The van der Waals surface area contributed by atoms with Gasteiger partial charge in [-0.1, -0.05) is 51.0 Å². The number of benzene rings is 2. The van der Waals surface area contributed by atoms with Crippen LogP contribution in [0.1, 0.15) is 80.5 Å². The van der Waals surface area contributed by atoms with E-state index in [1.807, 2.05) is 0 Å². The van der Waals surface area contributed by atoms with Gasteiger partial charge in [0.2, 0.25) is 0 Å². The highest BCUT2D eigenvalue weighted by molar-refractivity contribution is 5.88. The van der Waals surface area contributed by atoms with E-state index < -0.39 is 17.8 Å². The maximum Gasteiger partial charge on any atom is 0.416 e. The molecule has 1 atom stereocenters. The van der Waals surface area contributed by atoms with Crippen molar-refractivity contribution in [3.63, 3.8) is 0 Å². The minimum Gasteiger partial charge on any atom is -0.388 e. The van der Waals surface area contributed by atoms with Crippen molar-refractivity contribution in [2.75, 3.05) is 0 Å². The molecule has 2 aliphatic carbocycles. The molecule has 1 heterocycles. The van der Waals surface area contributed by atoms with Crippen molar-refractivity contribution in [3.8, 4) is 22.3 Å². The third-order valence-electron chi connectivity index (χ3n) is 7.44. The Labute approximate surface area is 203 Å². The predicted octanol–water partition coefficient (Wildman–Crippen LogP) is 8.24. The van der Waals surface area contributed by atoms with E-state index in [9.17, 15) is 22.7 Å². The van der Waals surface area contributed by atoms with Gasteiger partial charge in [0, 0.05) is 22.7 Å². The van der Waals surface area contributed by atoms with Gasteiger partial charge in [-0.05, 0) is 72.1 Å². The second kappa shape index (κ2) is 8.74. The van der Waals surface area contributed by atoms with Crippen LogP contribution >= 0.6 is 0 Å². The van der Waals surface area contributed by atoms with Gasteiger partial charge in [-0.15, -0.1) is 0 Å². The van der Waals surface area contributed by atoms with Crippen molar-refractivity contribution in [1.29, 1.82) is 0 Å². The lowest BCUT2D eigenvalue weighted by molar-refractivity contribution is -0.137. The fourth-order valence-corrected chi connectivity index (χ4v) is 5.84. The molecule has 0 radical (unpaired) electrons. The Balaban J connectivity index is 1.82. The first kappa shape index (κ1) is 24.0. The maximum absolute atomic E-state index is 13.9. The first-order valence-electron chi connectivity index (χ1n) is 12.2. The molecule has 0 amide bonds. The van der Waals surface area contributed by atoms with Crippen molar-refractivity contribution >= 4 is 0 Å². The first-order valence-corrected chi connectivity index (χ1v) is 12.2.